The molecule has 1 rings (SSSR count). The molecule has 8 nitrogen and oxygen atoms in total. The van der Waals surface area contributed by atoms with E-state index in [1.54, 1.807) is 39.0 Å². The molecule has 0 spiro atoms. The van der Waals surface area contributed by atoms with Crippen LogP contribution in [0.4, 0.5) is 10.5 Å². The van der Waals surface area contributed by atoms with Gasteiger partial charge in [0.1, 0.15) is 11.6 Å². The lowest BCUT2D eigenvalue weighted by atomic mass is 10.0. The second-order valence-corrected chi connectivity index (χ2v) is 6.15. The van der Waals surface area contributed by atoms with Gasteiger partial charge in [0.05, 0.1) is 12.0 Å². The maximum absolute atomic E-state index is 11.8. The lowest BCUT2D eigenvalue weighted by molar-refractivity contribution is -0.385. The molecule has 0 unspecified atom stereocenters. The Morgan fingerprint density at radius 1 is 1.29 bits per heavy atom. The van der Waals surface area contributed by atoms with Crippen molar-refractivity contribution in [1.29, 1.82) is 0 Å². The smallest absolute Gasteiger partial charge is 0.408 e. The summed E-state index contributed by atoms with van der Waals surface area (Å²) in [4.78, 5) is 34.2. The van der Waals surface area contributed by atoms with Gasteiger partial charge in [-0.15, -0.1) is 0 Å². The van der Waals surface area contributed by atoms with Gasteiger partial charge in [-0.25, -0.2) is 9.59 Å². The first-order chi connectivity index (χ1) is 11.1. The molecule has 1 amide bonds. The molecule has 0 saturated heterocycles. The van der Waals surface area contributed by atoms with Crippen LogP contribution in [0.2, 0.25) is 0 Å². The van der Waals surface area contributed by atoms with Crippen LogP contribution in [-0.4, -0.2) is 35.7 Å². The summed E-state index contributed by atoms with van der Waals surface area (Å²) in [5, 5.41) is 13.5. The number of rotatable bonds is 6. The fraction of sp³-hybridized carbons (Fsp3) is 0.500. The third-order valence-electron chi connectivity index (χ3n) is 3.07. The number of esters is 1. The van der Waals surface area contributed by atoms with Gasteiger partial charge in [-0.2, -0.15) is 0 Å². The Kier molecular flexibility index (Phi) is 6.69. The standard InChI is InChI=1S/C16H22N2O6/c1-16(2,3)24-15(20)17-12(14(19)23-4)10-9-11-7-5-6-8-13(11)18(21)22/h5-8,12H,9-10H2,1-4H3,(H,17,20)/t12-/m1/s1. The fourth-order valence-corrected chi connectivity index (χ4v) is 2.04. The molecule has 0 aromatic heterocycles. The van der Waals surface area contributed by atoms with Crippen LogP contribution in [0, 0.1) is 10.1 Å². The highest BCUT2D eigenvalue weighted by Gasteiger charge is 2.25. The molecule has 24 heavy (non-hydrogen) atoms. The van der Waals surface area contributed by atoms with Crippen molar-refractivity contribution in [3.8, 4) is 0 Å². The summed E-state index contributed by atoms with van der Waals surface area (Å²) in [5.41, 5.74) is -0.260. The number of aryl methyl sites for hydroxylation is 1. The fourth-order valence-electron chi connectivity index (χ4n) is 2.04. The Hall–Kier alpha value is -2.64. The number of hydrogen-bond donors (Lipinski definition) is 1. The predicted molar refractivity (Wildman–Crippen MR) is 86.6 cm³/mol. The Morgan fingerprint density at radius 2 is 1.92 bits per heavy atom. The van der Waals surface area contributed by atoms with Crippen LogP contribution in [0.15, 0.2) is 24.3 Å². The summed E-state index contributed by atoms with van der Waals surface area (Å²) >= 11 is 0. The Morgan fingerprint density at radius 3 is 2.46 bits per heavy atom. The number of para-hydroxylation sites is 1. The van der Waals surface area contributed by atoms with Gasteiger partial charge in [0.2, 0.25) is 0 Å². The minimum absolute atomic E-state index is 0.0293. The van der Waals surface area contributed by atoms with Gasteiger partial charge in [0.15, 0.2) is 0 Å². The molecule has 1 aromatic carbocycles. The molecule has 8 heteroatoms. The van der Waals surface area contributed by atoms with E-state index in [0.29, 0.717) is 5.56 Å². The first-order valence-electron chi connectivity index (χ1n) is 7.43. The summed E-state index contributed by atoms with van der Waals surface area (Å²) < 4.78 is 9.78. The number of nitrogens with one attached hydrogen (secondary N) is 1. The van der Waals surface area contributed by atoms with Crippen molar-refractivity contribution in [1.82, 2.24) is 5.32 Å². The first-order valence-corrected chi connectivity index (χ1v) is 7.43. The maximum atomic E-state index is 11.8. The number of hydrogen-bond acceptors (Lipinski definition) is 6. The zero-order valence-electron chi connectivity index (χ0n) is 14.2. The molecule has 0 radical (unpaired) electrons. The molecule has 0 aliphatic heterocycles. The Labute approximate surface area is 140 Å². The van der Waals surface area contributed by atoms with E-state index in [2.05, 4.69) is 10.1 Å². The number of alkyl carbamates (subject to hydrolysis) is 1. The molecule has 0 bridgehead atoms. The highest BCUT2D eigenvalue weighted by Crippen LogP contribution is 2.20. The quantitative estimate of drug-likeness (QED) is 0.485. The Balaban J connectivity index is 2.79. The molecule has 0 heterocycles. The normalized spacial score (nSPS) is 12.2. The Bertz CT molecular complexity index is 609. The van der Waals surface area contributed by atoms with Crippen LogP contribution in [0.3, 0.4) is 0 Å². The van der Waals surface area contributed by atoms with Gasteiger partial charge >= 0.3 is 12.1 Å². The van der Waals surface area contributed by atoms with E-state index in [1.165, 1.54) is 13.2 Å². The largest absolute Gasteiger partial charge is 0.467 e. The molecule has 0 aliphatic carbocycles. The summed E-state index contributed by atoms with van der Waals surface area (Å²) in [6.07, 6.45) is -0.371. The molecule has 132 valence electrons. The van der Waals surface area contributed by atoms with Crippen LogP contribution in [-0.2, 0) is 20.7 Å². The highest BCUT2D eigenvalue weighted by molar-refractivity contribution is 5.81. The van der Waals surface area contributed by atoms with E-state index in [9.17, 15) is 19.7 Å². The number of nitro benzene ring substituents is 1. The average Bonchev–Trinajstić information content (AvgIpc) is 2.49. The summed E-state index contributed by atoms with van der Waals surface area (Å²) in [6, 6.07) is 5.29. The lowest BCUT2D eigenvalue weighted by Gasteiger charge is -2.22. The molecule has 0 fully saturated rings. The van der Waals surface area contributed by atoms with Crippen molar-refractivity contribution in [2.75, 3.05) is 7.11 Å². The molecular weight excluding hydrogens is 316 g/mol. The van der Waals surface area contributed by atoms with Crippen molar-refractivity contribution in [3.63, 3.8) is 0 Å². The molecule has 1 N–H and O–H groups in total. The van der Waals surface area contributed by atoms with Gasteiger partial charge in [-0.1, -0.05) is 18.2 Å². The highest BCUT2D eigenvalue weighted by atomic mass is 16.6. The monoisotopic (exact) mass is 338 g/mol. The zero-order valence-corrected chi connectivity index (χ0v) is 14.2. The second kappa shape index (κ2) is 8.28. The first kappa shape index (κ1) is 19.4. The van der Waals surface area contributed by atoms with E-state index in [1.807, 2.05) is 0 Å². The van der Waals surface area contributed by atoms with Crippen LogP contribution < -0.4 is 5.32 Å². The topological polar surface area (TPSA) is 108 Å². The number of nitro groups is 1. The average molecular weight is 338 g/mol. The van der Waals surface area contributed by atoms with Gasteiger partial charge < -0.3 is 14.8 Å². The third kappa shape index (κ3) is 6.23. The number of ether oxygens (including phenoxy) is 2. The third-order valence-corrected chi connectivity index (χ3v) is 3.07. The number of carbonyl (C=O) groups excluding carboxylic acids is 2. The van der Waals surface area contributed by atoms with Crippen LogP contribution >= 0.6 is 0 Å². The minimum Gasteiger partial charge on any atom is -0.467 e. The van der Waals surface area contributed by atoms with Crippen LogP contribution in [0.1, 0.15) is 32.8 Å². The maximum Gasteiger partial charge on any atom is 0.408 e. The summed E-state index contributed by atoms with van der Waals surface area (Å²) in [7, 11) is 1.21. The van der Waals surface area contributed by atoms with E-state index >= 15 is 0 Å². The van der Waals surface area contributed by atoms with Gasteiger partial charge in [0, 0.05) is 11.6 Å². The molecular formula is C16H22N2O6. The van der Waals surface area contributed by atoms with Crippen LogP contribution in [0.25, 0.3) is 0 Å². The van der Waals surface area contributed by atoms with Gasteiger partial charge in [-0.05, 0) is 33.6 Å². The van der Waals surface area contributed by atoms with Crippen molar-refractivity contribution < 1.29 is 24.0 Å². The minimum atomic E-state index is -0.954. The van der Waals surface area contributed by atoms with Crippen LogP contribution in [0.5, 0.6) is 0 Å². The number of carbonyl (C=O) groups is 2. The molecule has 0 saturated carbocycles. The van der Waals surface area contributed by atoms with Crippen molar-refractivity contribution in [3.05, 3.63) is 39.9 Å². The van der Waals surface area contributed by atoms with Crippen molar-refractivity contribution in [2.24, 2.45) is 0 Å². The molecule has 1 atom stereocenters. The van der Waals surface area contributed by atoms with Crippen molar-refractivity contribution in [2.45, 2.75) is 45.3 Å². The summed E-state index contributed by atoms with van der Waals surface area (Å²) in [5.74, 6) is -0.639. The van der Waals surface area contributed by atoms with E-state index in [-0.39, 0.29) is 18.5 Å². The zero-order chi connectivity index (χ0) is 18.3. The van der Waals surface area contributed by atoms with Crippen molar-refractivity contribution >= 4 is 17.7 Å². The SMILES string of the molecule is COC(=O)[C@@H](CCc1ccccc1[N+](=O)[O-])NC(=O)OC(C)(C)C. The number of amides is 1. The number of benzene rings is 1. The molecule has 1 aromatic rings. The summed E-state index contributed by atoms with van der Waals surface area (Å²) in [6.45, 7) is 5.10. The predicted octanol–water partition coefficient (Wildman–Crippen LogP) is 2.59. The van der Waals surface area contributed by atoms with Gasteiger partial charge in [-0.3, -0.25) is 10.1 Å². The molecule has 0 aliphatic rings. The second-order valence-electron chi connectivity index (χ2n) is 6.15. The number of methoxy groups -OCH3 is 1. The van der Waals surface area contributed by atoms with E-state index in [4.69, 9.17) is 4.74 Å². The van der Waals surface area contributed by atoms with Gasteiger partial charge in [0.25, 0.3) is 5.69 Å². The lowest BCUT2D eigenvalue weighted by Crippen LogP contribution is -2.44. The van der Waals surface area contributed by atoms with E-state index in [0.717, 1.165) is 0 Å². The van der Waals surface area contributed by atoms with E-state index < -0.39 is 28.6 Å². The number of nitrogens with zero attached hydrogens (tertiary/aromatic N) is 1.